The number of benzene rings is 1. The highest BCUT2D eigenvalue weighted by atomic mass is 32.2. The van der Waals surface area contributed by atoms with Gasteiger partial charge in [0.2, 0.25) is 0 Å². The molecule has 1 aromatic carbocycles. The average molecular weight is 547 g/mol. The van der Waals surface area contributed by atoms with Crippen LogP contribution in [-0.4, -0.2) is 46.1 Å². The fraction of sp³-hybridized carbons (Fsp3) is 0.667. The highest BCUT2D eigenvalue weighted by Gasteiger charge is 2.68. The molecule has 0 saturated heterocycles. The second kappa shape index (κ2) is 10.2. The SMILES string of the molecule is C=C[C@@]1(C)C[C@@H](OC(=O)COS(=O)(=O)c2ccc(C)cc2)[C@@]2(C)C3[C@H](OC)CC[C@@]3(CC[C@H]2C)[C@@H](C)C1=O. The van der Waals surface area contributed by atoms with Crippen LogP contribution in [0.5, 0.6) is 0 Å². The number of carbonyl (C=O) groups excluding carboxylic acids is 2. The molecule has 210 valence electrons. The van der Waals surface area contributed by atoms with Gasteiger partial charge in [0, 0.05) is 36.2 Å². The fourth-order valence-electron chi connectivity index (χ4n) is 7.89. The Labute approximate surface area is 227 Å². The third-order valence-electron chi connectivity index (χ3n) is 10.5. The van der Waals surface area contributed by atoms with Crippen LogP contribution in [0.15, 0.2) is 41.8 Å². The number of hydrogen-bond acceptors (Lipinski definition) is 7. The van der Waals surface area contributed by atoms with Crippen molar-refractivity contribution in [2.24, 2.45) is 34.0 Å². The van der Waals surface area contributed by atoms with Crippen LogP contribution in [0, 0.1) is 40.9 Å². The van der Waals surface area contributed by atoms with E-state index in [4.69, 9.17) is 13.7 Å². The Morgan fingerprint density at radius 2 is 1.76 bits per heavy atom. The van der Waals surface area contributed by atoms with E-state index < -0.39 is 39.6 Å². The van der Waals surface area contributed by atoms with E-state index in [-0.39, 0.29) is 46.4 Å². The minimum Gasteiger partial charge on any atom is -0.460 e. The molecular weight excluding hydrogens is 504 g/mol. The number of ketones is 1. The Morgan fingerprint density at radius 3 is 2.37 bits per heavy atom. The summed E-state index contributed by atoms with van der Waals surface area (Å²) in [4.78, 5) is 27.1. The molecule has 3 fully saturated rings. The van der Waals surface area contributed by atoms with E-state index >= 15 is 0 Å². The summed E-state index contributed by atoms with van der Waals surface area (Å²) in [5.41, 5.74) is -0.713. The second-order valence-electron chi connectivity index (χ2n) is 12.2. The lowest BCUT2D eigenvalue weighted by Gasteiger charge is -2.61. The summed E-state index contributed by atoms with van der Waals surface area (Å²) >= 11 is 0. The summed E-state index contributed by atoms with van der Waals surface area (Å²) in [5, 5.41) is 0. The molecule has 3 saturated carbocycles. The highest BCUT2D eigenvalue weighted by Crippen LogP contribution is 2.68. The van der Waals surface area contributed by atoms with Crippen molar-refractivity contribution in [1.29, 1.82) is 0 Å². The zero-order chi connectivity index (χ0) is 28.1. The van der Waals surface area contributed by atoms with Gasteiger partial charge in [-0.25, -0.2) is 4.79 Å². The third kappa shape index (κ3) is 4.56. The molecular formula is C30H42O7S. The number of methoxy groups -OCH3 is 1. The van der Waals surface area contributed by atoms with Crippen LogP contribution < -0.4 is 0 Å². The zero-order valence-electron chi connectivity index (χ0n) is 23.5. The molecule has 3 aliphatic rings. The largest absolute Gasteiger partial charge is 0.460 e. The van der Waals surface area contributed by atoms with Crippen LogP contribution in [0.25, 0.3) is 0 Å². The standard InChI is InChI=1S/C30H42O7S/c1-8-28(5)17-24(37-25(31)18-36-38(33,34)22-11-9-19(2)10-12-22)29(6)20(3)13-15-30(21(4)27(28)32)16-14-23(35-7)26(29)30/h8-12,20-21,23-24,26H,1,13-18H2,2-7H3/t20-,21+,23-,24-,26?,28+,29+,30+/m1/s1. The maximum atomic E-state index is 14.0. The molecule has 3 aliphatic carbocycles. The predicted octanol–water partition coefficient (Wildman–Crippen LogP) is 5.26. The average Bonchev–Trinajstić information content (AvgIpc) is 3.29. The van der Waals surface area contributed by atoms with Crippen LogP contribution in [0.4, 0.5) is 0 Å². The van der Waals surface area contributed by atoms with Crippen LogP contribution >= 0.6 is 0 Å². The monoisotopic (exact) mass is 546 g/mol. The number of Topliss-reactive ketones (excluding diaryl/α,β-unsaturated/α-hetero) is 1. The zero-order valence-corrected chi connectivity index (χ0v) is 24.3. The summed E-state index contributed by atoms with van der Waals surface area (Å²) in [5.74, 6) is -0.616. The molecule has 0 aromatic heterocycles. The summed E-state index contributed by atoms with van der Waals surface area (Å²) in [6.45, 7) is 13.4. The van der Waals surface area contributed by atoms with Crippen molar-refractivity contribution in [3.63, 3.8) is 0 Å². The minimum atomic E-state index is -4.13. The molecule has 1 unspecified atom stereocenters. The lowest BCUT2D eigenvalue weighted by atomic mass is 9.44. The van der Waals surface area contributed by atoms with Crippen LogP contribution in [0.2, 0.25) is 0 Å². The minimum absolute atomic E-state index is 0.0204. The molecule has 0 N–H and O–H groups in total. The first-order valence-corrected chi connectivity index (χ1v) is 15.0. The topological polar surface area (TPSA) is 96.0 Å². The van der Waals surface area contributed by atoms with Crippen molar-refractivity contribution in [2.75, 3.05) is 13.7 Å². The van der Waals surface area contributed by atoms with Crippen molar-refractivity contribution in [2.45, 2.75) is 83.8 Å². The van der Waals surface area contributed by atoms with Gasteiger partial charge in [-0.2, -0.15) is 8.42 Å². The normalized spacial score (nSPS) is 39.1. The van der Waals surface area contributed by atoms with Gasteiger partial charge in [0.1, 0.15) is 11.9 Å². The van der Waals surface area contributed by atoms with Gasteiger partial charge in [-0.05, 0) is 63.0 Å². The Balaban J connectivity index is 1.67. The van der Waals surface area contributed by atoms with E-state index in [1.165, 1.54) is 12.1 Å². The molecule has 38 heavy (non-hydrogen) atoms. The molecule has 4 rings (SSSR count). The Hall–Kier alpha value is -2.03. The molecule has 8 heteroatoms. The van der Waals surface area contributed by atoms with E-state index in [9.17, 15) is 18.0 Å². The van der Waals surface area contributed by atoms with E-state index in [1.807, 2.05) is 13.8 Å². The smallest absolute Gasteiger partial charge is 0.333 e. The quantitative estimate of drug-likeness (QED) is 0.261. The first-order chi connectivity index (χ1) is 17.7. The summed E-state index contributed by atoms with van der Waals surface area (Å²) in [7, 11) is -2.41. The van der Waals surface area contributed by atoms with Crippen LogP contribution in [0.3, 0.4) is 0 Å². The number of hydrogen-bond donors (Lipinski definition) is 0. The Morgan fingerprint density at radius 1 is 1.13 bits per heavy atom. The van der Waals surface area contributed by atoms with Crippen molar-refractivity contribution >= 4 is 21.9 Å². The summed E-state index contributed by atoms with van der Waals surface area (Å²) in [6.07, 6.45) is 4.85. The van der Waals surface area contributed by atoms with Gasteiger partial charge in [0.05, 0.1) is 11.0 Å². The number of ether oxygens (including phenoxy) is 2. The maximum absolute atomic E-state index is 14.0. The lowest BCUT2D eigenvalue weighted by molar-refractivity contribution is -0.205. The number of esters is 1. The first-order valence-electron chi connectivity index (χ1n) is 13.6. The first kappa shape index (κ1) is 29.0. The van der Waals surface area contributed by atoms with E-state index in [0.29, 0.717) is 0 Å². The second-order valence-corrected chi connectivity index (χ2v) is 13.9. The van der Waals surface area contributed by atoms with E-state index in [1.54, 1.807) is 25.3 Å². The molecule has 8 atom stereocenters. The van der Waals surface area contributed by atoms with Crippen molar-refractivity contribution in [3.8, 4) is 0 Å². The van der Waals surface area contributed by atoms with Gasteiger partial charge in [-0.15, -0.1) is 6.58 Å². The molecule has 0 aliphatic heterocycles. The Bertz CT molecular complexity index is 1190. The number of carbonyl (C=O) groups is 2. The molecule has 1 aromatic rings. The van der Waals surface area contributed by atoms with E-state index in [2.05, 4.69) is 27.4 Å². The van der Waals surface area contributed by atoms with Crippen molar-refractivity contribution in [3.05, 3.63) is 42.5 Å². The van der Waals surface area contributed by atoms with Gasteiger partial charge in [0.15, 0.2) is 6.61 Å². The van der Waals surface area contributed by atoms with Crippen molar-refractivity contribution < 1.29 is 31.7 Å². The lowest BCUT2D eigenvalue weighted by Crippen LogP contribution is -2.63. The van der Waals surface area contributed by atoms with E-state index in [0.717, 1.165) is 31.2 Å². The van der Waals surface area contributed by atoms with Gasteiger partial charge < -0.3 is 9.47 Å². The molecule has 0 radical (unpaired) electrons. The van der Waals surface area contributed by atoms with Gasteiger partial charge in [-0.3, -0.25) is 8.98 Å². The Kier molecular flexibility index (Phi) is 7.76. The van der Waals surface area contributed by atoms with Gasteiger partial charge in [0.25, 0.3) is 10.1 Å². The van der Waals surface area contributed by atoms with Gasteiger partial charge >= 0.3 is 5.97 Å². The fourth-order valence-corrected chi connectivity index (χ4v) is 8.74. The summed E-state index contributed by atoms with van der Waals surface area (Å²) in [6, 6.07) is 6.23. The van der Waals surface area contributed by atoms with Crippen LogP contribution in [-0.2, 0) is 33.4 Å². The molecule has 0 heterocycles. The molecule has 2 bridgehead atoms. The van der Waals surface area contributed by atoms with Crippen molar-refractivity contribution in [1.82, 2.24) is 0 Å². The molecule has 0 amide bonds. The highest BCUT2D eigenvalue weighted by molar-refractivity contribution is 7.86. The number of aryl methyl sites for hydroxylation is 1. The summed E-state index contributed by atoms with van der Waals surface area (Å²) < 4.78 is 42.6. The number of allylic oxidation sites excluding steroid dienone is 1. The molecule has 0 spiro atoms. The van der Waals surface area contributed by atoms with Gasteiger partial charge in [-0.1, -0.05) is 44.5 Å². The van der Waals surface area contributed by atoms with Crippen LogP contribution in [0.1, 0.15) is 65.4 Å². The third-order valence-corrected chi connectivity index (χ3v) is 11.7. The molecule has 7 nitrogen and oxygen atoms in total. The predicted molar refractivity (Wildman–Crippen MR) is 144 cm³/mol. The maximum Gasteiger partial charge on any atom is 0.333 e. The number of rotatable bonds is 7.